The van der Waals surface area contributed by atoms with Crippen molar-refractivity contribution in [1.29, 1.82) is 0 Å². The van der Waals surface area contributed by atoms with Gasteiger partial charge in [0.1, 0.15) is 0 Å². The van der Waals surface area contributed by atoms with Crippen LogP contribution in [0.2, 0.25) is 0 Å². The van der Waals surface area contributed by atoms with Gasteiger partial charge in [-0.2, -0.15) is 0 Å². The predicted molar refractivity (Wildman–Crippen MR) is 72.2 cm³/mol. The number of fused-ring (bicyclic) bond motifs is 1. The number of hydrogen-bond acceptors (Lipinski definition) is 3. The molecule has 0 unspecified atom stereocenters. The van der Waals surface area contributed by atoms with Crippen LogP contribution >= 0.6 is 0 Å². The van der Waals surface area contributed by atoms with Crippen LogP contribution in [0.5, 0.6) is 0 Å². The number of furan rings is 1. The standard InChI is InChI=1S/C15H13NO4/c1-9-8-16(11-5-3-2-4-10(9)11)14(17)12-6-7-13(20-12)15(18)19/h2-7,9H,8H2,1H3,(H,18,19)/t9-/m0/s1. The summed E-state index contributed by atoms with van der Waals surface area (Å²) < 4.78 is 5.08. The molecule has 0 saturated carbocycles. The molecule has 0 fully saturated rings. The fraction of sp³-hybridized carbons (Fsp3) is 0.200. The first-order valence-electron chi connectivity index (χ1n) is 6.32. The lowest BCUT2D eigenvalue weighted by Gasteiger charge is -2.15. The highest BCUT2D eigenvalue weighted by Crippen LogP contribution is 2.36. The van der Waals surface area contributed by atoms with Gasteiger partial charge in [0.25, 0.3) is 5.91 Å². The Morgan fingerprint density at radius 2 is 1.90 bits per heavy atom. The SMILES string of the molecule is C[C@H]1CN(C(=O)c2ccc(C(=O)O)o2)c2ccccc21. The Kier molecular flexibility index (Phi) is 2.82. The third kappa shape index (κ3) is 1.87. The minimum absolute atomic E-state index is 0.0475. The predicted octanol–water partition coefficient (Wildman–Crippen LogP) is 2.74. The number of para-hydroxylation sites is 1. The number of aromatic carboxylic acids is 1. The molecule has 1 amide bonds. The van der Waals surface area contributed by atoms with Crippen LogP contribution in [0.4, 0.5) is 5.69 Å². The number of carboxylic acid groups (broad SMARTS) is 1. The summed E-state index contributed by atoms with van der Waals surface area (Å²) in [6, 6.07) is 10.4. The molecule has 1 aliphatic rings. The second kappa shape index (κ2) is 4.52. The molecule has 0 bridgehead atoms. The number of anilines is 1. The van der Waals surface area contributed by atoms with E-state index < -0.39 is 5.97 Å². The summed E-state index contributed by atoms with van der Waals surface area (Å²) in [6.07, 6.45) is 0. The monoisotopic (exact) mass is 271 g/mol. The maximum atomic E-state index is 12.4. The number of carbonyl (C=O) groups is 2. The lowest BCUT2D eigenvalue weighted by atomic mass is 10.0. The lowest BCUT2D eigenvalue weighted by Crippen LogP contribution is -2.29. The van der Waals surface area contributed by atoms with Crippen molar-refractivity contribution in [2.24, 2.45) is 0 Å². The Balaban J connectivity index is 1.94. The van der Waals surface area contributed by atoms with Crippen LogP contribution in [0.1, 0.15) is 39.5 Å². The fourth-order valence-corrected chi connectivity index (χ4v) is 2.51. The van der Waals surface area contributed by atoms with Crippen molar-refractivity contribution in [1.82, 2.24) is 0 Å². The Bertz CT molecular complexity index is 689. The van der Waals surface area contributed by atoms with Gasteiger partial charge in [0.2, 0.25) is 5.76 Å². The van der Waals surface area contributed by atoms with Crippen LogP contribution in [0, 0.1) is 0 Å². The van der Waals surface area contributed by atoms with Crippen molar-refractivity contribution < 1.29 is 19.1 Å². The highest BCUT2D eigenvalue weighted by molar-refractivity contribution is 6.06. The van der Waals surface area contributed by atoms with Gasteiger partial charge in [-0.05, 0) is 23.8 Å². The van der Waals surface area contributed by atoms with Crippen LogP contribution < -0.4 is 4.90 Å². The molecule has 2 aromatic rings. The molecule has 1 N–H and O–H groups in total. The van der Waals surface area contributed by atoms with Gasteiger partial charge in [-0.15, -0.1) is 0 Å². The van der Waals surface area contributed by atoms with Gasteiger partial charge in [0.05, 0.1) is 0 Å². The van der Waals surface area contributed by atoms with Gasteiger partial charge in [-0.1, -0.05) is 25.1 Å². The molecule has 5 nitrogen and oxygen atoms in total. The molecule has 1 aromatic carbocycles. The van der Waals surface area contributed by atoms with E-state index in [1.807, 2.05) is 24.3 Å². The number of carboxylic acids is 1. The molecule has 1 aromatic heterocycles. The lowest BCUT2D eigenvalue weighted by molar-refractivity contribution is 0.0660. The van der Waals surface area contributed by atoms with Crippen molar-refractivity contribution in [2.75, 3.05) is 11.4 Å². The van der Waals surface area contributed by atoms with Crippen LogP contribution in [0.15, 0.2) is 40.8 Å². The first-order valence-corrected chi connectivity index (χ1v) is 6.32. The number of nitrogens with zero attached hydrogens (tertiary/aromatic N) is 1. The van der Waals surface area contributed by atoms with Crippen LogP contribution in [-0.2, 0) is 0 Å². The fourth-order valence-electron chi connectivity index (χ4n) is 2.51. The highest BCUT2D eigenvalue weighted by Gasteiger charge is 2.31. The topological polar surface area (TPSA) is 70.8 Å². The zero-order valence-corrected chi connectivity index (χ0v) is 10.9. The first-order chi connectivity index (χ1) is 9.58. The molecule has 1 atom stereocenters. The van der Waals surface area contributed by atoms with Gasteiger partial charge in [-0.3, -0.25) is 4.79 Å². The van der Waals surface area contributed by atoms with Crippen molar-refractivity contribution in [3.8, 4) is 0 Å². The second-order valence-electron chi connectivity index (χ2n) is 4.84. The molecule has 0 saturated heterocycles. The van der Waals surface area contributed by atoms with E-state index in [0.29, 0.717) is 6.54 Å². The molecular weight excluding hydrogens is 258 g/mol. The maximum Gasteiger partial charge on any atom is 0.371 e. The molecule has 0 radical (unpaired) electrons. The molecule has 0 spiro atoms. The Morgan fingerprint density at radius 3 is 2.60 bits per heavy atom. The van der Waals surface area contributed by atoms with Gasteiger partial charge in [-0.25, -0.2) is 4.79 Å². The third-order valence-corrected chi connectivity index (χ3v) is 3.49. The second-order valence-corrected chi connectivity index (χ2v) is 4.84. The van der Waals surface area contributed by atoms with E-state index in [2.05, 4.69) is 6.92 Å². The Hall–Kier alpha value is -2.56. The van der Waals surface area contributed by atoms with Crippen molar-refractivity contribution in [3.05, 3.63) is 53.5 Å². The molecular formula is C15H13NO4. The molecule has 20 heavy (non-hydrogen) atoms. The van der Waals surface area contributed by atoms with Crippen molar-refractivity contribution in [3.63, 3.8) is 0 Å². The molecule has 2 heterocycles. The van der Waals surface area contributed by atoms with Gasteiger partial charge in [0, 0.05) is 18.2 Å². The Morgan fingerprint density at radius 1 is 1.20 bits per heavy atom. The normalized spacial score (nSPS) is 17.1. The zero-order valence-electron chi connectivity index (χ0n) is 10.9. The molecule has 102 valence electrons. The summed E-state index contributed by atoms with van der Waals surface area (Å²) >= 11 is 0. The quantitative estimate of drug-likeness (QED) is 0.911. The maximum absolute atomic E-state index is 12.4. The van der Waals surface area contributed by atoms with Crippen molar-refractivity contribution >= 4 is 17.6 Å². The highest BCUT2D eigenvalue weighted by atomic mass is 16.4. The Labute approximate surface area is 115 Å². The molecule has 5 heteroatoms. The van der Waals surface area contributed by atoms with Crippen LogP contribution in [-0.4, -0.2) is 23.5 Å². The van der Waals surface area contributed by atoms with Crippen LogP contribution in [0.3, 0.4) is 0 Å². The number of carbonyl (C=O) groups excluding carboxylic acids is 1. The van der Waals surface area contributed by atoms with Crippen molar-refractivity contribution in [2.45, 2.75) is 12.8 Å². The van der Waals surface area contributed by atoms with E-state index in [1.165, 1.54) is 12.1 Å². The van der Waals surface area contributed by atoms with E-state index >= 15 is 0 Å². The minimum atomic E-state index is -1.18. The third-order valence-electron chi connectivity index (χ3n) is 3.49. The van der Waals surface area contributed by atoms with Gasteiger partial charge in [0.15, 0.2) is 5.76 Å². The zero-order chi connectivity index (χ0) is 14.3. The van der Waals surface area contributed by atoms with E-state index in [-0.39, 0.29) is 23.3 Å². The van der Waals surface area contributed by atoms with Gasteiger partial charge >= 0.3 is 5.97 Å². The summed E-state index contributed by atoms with van der Waals surface area (Å²) in [5, 5.41) is 8.83. The number of amides is 1. The summed E-state index contributed by atoms with van der Waals surface area (Å²) in [5.74, 6) is -1.42. The average Bonchev–Trinajstić information content (AvgIpc) is 3.04. The van der Waals surface area contributed by atoms with E-state index in [9.17, 15) is 9.59 Å². The summed E-state index contributed by atoms with van der Waals surface area (Å²) in [6.45, 7) is 2.62. The number of rotatable bonds is 2. The summed E-state index contributed by atoms with van der Waals surface area (Å²) in [7, 11) is 0. The molecule has 0 aliphatic carbocycles. The van der Waals surface area contributed by atoms with E-state index in [4.69, 9.17) is 9.52 Å². The number of benzene rings is 1. The summed E-state index contributed by atoms with van der Waals surface area (Å²) in [5.41, 5.74) is 1.98. The molecule has 3 rings (SSSR count). The van der Waals surface area contributed by atoms with Gasteiger partial charge < -0.3 is 14.4 Å². The first kappa shape index (κ1) is 12.5. The molecule has 1 aliphatic heterocycles. The van der Waals surface area contributed by atoms with E-state index in [0.717, 1.165) is 11.3 Å². The smallest absolute Gasteiger partial charge is 0.371 e. The largest absolute Gasteiger partial charge is 0.475 e. The van der Waals surface area contributed by atoms with E-state index in [1.54, 1.807) is 4.90 Å². The van der Waals surface area contributed by atoms with Crippen LogP contribution in [0.25, 0.3) is 0 Å². The average molecular weight is 271 g/mol. The summed E-state index contributed by atoms with van der Waals surface area (Å²) in [4.78, 5) is 24.8. The number of hydrogen-bond donors (Lipinski definition) is 1. The minimum Gasteiger partial charge on any atom is -0.475 e.